The zero-order valence-electron chi connectivity index (χ0n) is 53.3. The van der Waals surface area contributed by atoms with Crippen LogP contribution in [0.4, 0.5) is 4.79 Å². The van der Waals surface area contributed by atoms with Crippen molar-refractivity contribution in [3.05, 3.63) is 46.3 Å². The van der Waals surface area contributed by atoms with Crippen molar-refractivity contribution in [3.8, 4) is 0 Å². The van der Waals surface area contributed by atoms with Gasteiger partial charge in [-0.05, 0) is 79.7 Å². The molecule has 1 aliphatic rings. The van der Waals surface area contributed by atoms with Gasteiger partial charge in [0.05, 0.1) is 55.8 Å². The normalized spacial score (nSPS) is 16.8. The lowest BCUT2D eigenvalue weighted by atomic mass is 9.83. The molecule has 23 nitrogen and oxygen atoms in total. The third kappa shape index (κ3) is 24.1. The van der Waals surface area contributed by atoms with Crippen LogP contribution in [0.1, 0.15) is 158 Å². The van der Waals surface area contributed by atoms with Gasteiger partial charge in [-0.15, -0.1) is 0 Å². The molecule has 478 valence electrons. The number of primary amides is 1. The highest BCUT2D eigenvalue weighted by Crippen LogP contribution is 2.32. The lowest BCUT2D eigenvalue weighted by Crippen LogP contribution is -2.55. The second kappa shape index (κ2) is 38.6. The van der Waals surface area contributed by atoms with Gasteiger partial charge in [-0.3, -0.25) is 38.4 Å². The molecule has 85 heavy (non-hydrogen) atoms. The van der Waals surface area contributed by atoms with Gasteiger partial charge >= 0.3 is 12.0 Å². The molecule has 0 radical (unpaired) electrons. The van der Waals surface area contributed by atoms with E-state index in [1.165, 1.54) is 26.2 Å². The number of rotatable bonds is 41. The number of carbonyl (C=O) groups excluding carboxylic acids is 10. The molecule has 1 saturated heterocycles. The smallest absolute Gasteiger partial charge is 0.328 e. The fourth-order valence-corrected chi connectivity index (χ4v) is 11.6. The molecule has 0 aliphatic carbocycles. The van der Waals surface area contributed by atoms with Crippen LogP contribution in [0.15, 0.2) is 35.4 Å². The molecule has 1 aliphatic heterocycles. The standard InChI is InChI=1S/C62H102N10O13/c1-15-41(8)56(52(83-12)37-54(77)72-33-23-28-49(72)57(84-13)42(9)58(78)68-48(61(81)85-14)34-43-24-17-16-18-25-43)71(11)60(80)46(39(4)5)36-51(75)55(40(6)7)70(10)53(76)30-20-19-29-50(74)47(27-22-31-65-62(63)82)67-59(79)45(38(2)3)35-44(73)26-21-32-66-69-64/h16-18,24-25,38-42,45-49,52,55-57H,15,19-23,26-37H2,1-14H3,(H,67,79)(H,68,78)(H3,63,65,82)/t41?,42?,45?,46?,47-,48?,49?,52?,55?,56?,57?/m1/s1. The number of likely N-dealkylation sites (N-methyl/N-ethyl adjacent to an activating group) is 2. The van der Waals surface area contributed by atoms with Gasteiger partial charge in [-0.2, -0.15) is 0 Å². The number of urea groups is 1. The number of ketones is 3. The maximum absolute atomic E-state index is 14.9. The maximum atomic E-state index is 14.9. The number of methoxy groups -OCH3 is 3. The highest BCUT2D eigenvalue weighted by atomic mass is 16.5. The molecule has 10 unspecified atom stereocenters. The largest absolute Gasteiger partial charge is 0.467 e. The first kappa shape index (κ1) is 74.6. The molecule has 1 aromatic rings. The van der Waals surface area contributed by atoms with Crippen LogP contribution in [0.2, 0.25) is 0 Å². The Morgan fingerprint density at radius 3 is 1.95 bits per heavy atom. The van der Waals surface area contributed by atoms with Crippen LogP contribution in [0.25, 0.3) is 10.4 Å². The Morgan fingerprint density at radius 1 is 0.753 bits per heavy atom. The van der Waals surface area contributed by atoms with E-state index in [-0.39, 0.29) is 123 Å². The number of likely N-dealkylation sites (tertiary alicyclic amines) is 1. The Kier molecular flexibility index (Phi) is 33.9. The number of Topliss-reactive ketones (excluding diaryl/α,β-unsaturated/α-hetero) is 3. The minimum atomic E-state index is -0.945. The Labute approximate surface area is 504 Å². The Bertz CT molecular complexity index is 2380. The van der Waals surface area contributed by atoms with E-state index in [1.54, 1.807) is 30.8 Å². The number of unbranched alkanes of at least 4 members (excludes halogenated alkanes) is 1. The number of ether oxygens (including phenoxy) is 3. The second-order valence-corrected chi connectivity index (χ2v) is 23.9. The number of amides is 7. The molecular weight excluding hydrogens is 1090 g/mol. The summed E-state index contributed by atoms with van der Waals surface area (Å²) in [7, 11) is 7.52. The molecule has 5 N–H and O–H groups in total. The summed E-state index contributed by atoms with van der Waals surface area (Å²) in [6.45, 7) is 17.5. The highest BCUT2D eigenvalue weighted by Gasteiger charge is 2.44. The highest BCUT2D eigenvalue weighted by molar-refractivity contribution is 5.94. The molecule has 1 aromatic carbocycles. The van der Waals surface area contributed by atoms with Crippen molar-refractivity contribution in [2.75, 3.05) is 55.1 Å². The van der Waals surface area contributed by atoms with Crippen LogP contribution in [0.5, 0.6) is 0 Å². The molecule has 1 fully saturated rings. The lowest BCUT2D eigenvalue weighted by Gasteiger charge is -2.41. The summed E-state index contributed by atoms with van der Waals surface area (Å²) in [5, 5.41) is 11.6. The summed E-state index contributed by atoms with van der Waals surface area (Å²) in [5.41, 5.74) is 14.6. The van der Waals surface area contributed by atoms with E-state index in [4.69, 9.17) is 25.5 Å². The summed E-state index contributed by atoms with van der Waals surface area (Å²) in [6.07, 6.45) is 1.96. The van der Waals surface area contributed by atoms with Crippen LogP contribution >= 0.6 is 0 Å². The summed E-state index contributed by atoms with van der Waals surface area (Å²) in [4.78, 5) is 143. The molecular formula is C62H102N10O13. The molecule has 11 atom stereocenters. The number of azide groups is 1. The molecule has 2 rings (SSSR count). The van der Waals surface area contributed by atoms with Gasteiger partial charge in [-0.1, -0.05) is 104 Å². The third-order valence-electron chi connectivity index (χ3n) is 16.8. The van der Waals surface area contributed by atoms with Gasteiger partial charge in [0.1, 0.15) is 11.8 Å². The summed E-state index contributed by atoms with van der Waals surface area (Å²) in [6, 6.07) is 4.74. The number of benzene rings is 1. The van der Waals surface area contributed by atoms with Crippen molar-refractivity contribution in [1.82, 2.24) is 30.7 Å². The molecule has 23 heteroatoms. The SMILES string of the molecule is CCC(C)C(C(CC(=O)N1CCCC1C(OC)C(C)C(=O)NC(Cc1ccccc1)C(=O)OC)OC)N(C)C(=O)C(CC(=O)C(C(C)C)N(C)C(=O)CCCCC(=O)[C@@H](CCCNC(N)=O)NC(=O)C(CC(=O)CCCN=[N+]=[N-])C(C)C)C(C)C. The van der Waals surface area contributed by atoms with Gasteiger partial charge in [0.2, 0.25) is 29.5 Å². The summed E-state index contributed by atoms with van der Waals surface area (Å²) in [5.74, 6) is -6.32. The first-order valence-corrected chi connectivity index (χ1v) is 30.4. The fourth-order valence-electron chi connectivity index (χ4n) is 11.6. The van der Waals surface area contributed by atoms with Crippen molar-refractivity contribution in [1.29, 1.82) is 0 Å². The number of esters is 1. The topological polar surface area (TPSA) is 319 Å². The first-order chi connectivity index (χ1) is 40.2. The zero-order valence-corrected chi connectivity index (χ0v) is 53.3. The van der Waals surface area contributed by atoms with E-state index in [0.29, 0.717) is 51.5 Å². The quantitative estimate of drug-likeness (QED) is 0.0171. The monoisotopic (exact) mass is 1190 g/mol. The number of carbonyl (C=O) groups is 10. The average Bonchev–Trinajstić information content (AvgIpc) is 3.94. The van der Waals surface area contributed by atoms with Crippen LogP contribution in [0, 0.1) is 41.4 Å². The van der Waals surface area contributed by atoms with Crippen LogP contribution in [-0.4, -0.2) is 171 Å². The van der Waals surface area contributed by atoms with Gasteiger partial charge in [0.15, 0.2) is 11.6 Å². The Hall–Kier alpha value is -6.45. The average molecular weight is 1200 g/mol. The first-order valence-electron chi connectivity index (χ1n) is 30.4. The minimum absolute atomic E-state index is 0.0192. The van der Waals surface area contributed by atoms with E-state index in [0.717, 1.165) is 5.56 Å². The van der Waals surface area contributed by atoms with Gasteiger partial charge < -0.3 is 50.6 Å². The molecule has 1 heterocycles. The predicted molar refractivity (Wildman–Crippen MR) is 323 cm³/mol. The van der Waals surface area contributed by atoms with Crippen LogP contribution < -0.4 is 21.7 Å². The van der Waals surface area contributed by atoms with Gasteiger partial charge in [0.25, 0.3) is 0 Å². The third-order valence-corrected chi connectivity index (χ3v) is 16.8. The predicted octanol–water partition coefficient (Wildman–Crippen LogP) is 6.91. The van der Waals surface area contributed by atoms with E-state index in [1.807, 2.05) is 85.7 Å². The van der Waals surface area contributed by atoms with Crippen molar-refractivity contribution in [3.63, 3.8) is 0 Å². The molecule has 7 amide bonds. The van der Waals surface area contributed by atoms with Crippen LogP contribution in [0.3, 0.4) is 0 Å². The summed E-state index contributed by atoms with van der Waals surface area (Å²) < 4.78 is 17.1. The second-order valence-electron chi connectivity index (χ2n) is 23.9. The molecule has 0 saturated carbocycles. The molecule has 0 bridgehead atoms. The summed E-state index contributed by atoms with van der Waals surface area (Å²) >= 11 is 0. The van der Waals surface area contributed by atoms with Gasteiger partial charge in [-0.25, -0.2) is 9.59 Å². The van der Waals surface area contributed by atoms with E-state index >= 15 is 0 Å². The Morgan fingerprint density at radius 2 is 1.39 bits per heavy atom. The van der Waals surface area contributed by atoms with E-state index in [9.17, 15) is 47.9 Å². The number of nitrogens with zero attached hydrogens (tertiary/aromatic N) is 6. The Balaban J connectivity index is 2.22. The van der Waals surface area contributed by atoms with E-state index in [2.05, 4.69) is 26.0 Å². The van der Waals surface area contributed by atoms with Crippen molar-refractivity contribution >= 4 is 58.9 Å². The number of hydrogen-bond acceptors (Lipinski definition) is 14. The number of nitrogens with one attached hydrogen (secondary N) is 3. The van der Waals surface area contributed by atoms with Crippen molar-refractivity contribution < 1.29 is 62.2 Å². The van der Waals surface area contributed by atoms with Crippen molar-refractivity contribution in [2.45, 2.75) is 201 Å². The minimum Gasteiger partial charge on any atom is -0.467 e. The zero-order chi connectivity index (χ0) is 64.1. The lowest BCUT2D eigenvalue weighted by molar-refractivity contribution is -0.150. The molecule has 0 spiro atoms. The number of hydrogen-bond donors (Lipinski definition) is 4. The fraction of sp³-hybridized carbons (Fsp3) is 0.742. The number of nitrogens with two attached hydrogens (primary N) is 1. The van der Waals surface area contributed by atoms with Gasteiger partial charge in [0, 0.05) is 103 Å². The van der Waals surface area contributed by atoms with Crippen LogP contribution in [-0.2, 0) is 63.8 Å². The molecule has 0 aromatic heterocycles. The van der Waals surface area contributed by atoms with Crippen molar-refractivity contribution in [2.24, 2.45) is 52.3 Å². The van der Waals surface area contributed by atoms with E-state index < -0.39 is 84.0 Å². The maximum Gasteiger partial charge on any atom is 0.328 e.